The molecule has 3 fully saturated rings. The summed E-state index contributed by atoms with van der Waals surface area (Å²) >= 11 is 6.51. The number of rotatable bonds is 11. The van der Waals surface area contributed by atoms with E-state index in [1.165, 1.54) is 5.30 Å². The maximum absolute atomic E-state index is 13.3. The number of carbonyl (C=O) groups excluding carboxylic acids is 4. The van der Waals surface area contributed by atoms with Gasteiger partial charge in [0.25, 0.3) is 11.8 Å². The largest absolute Gasteiger partial charge is 0.494 e. The van der Waals surface area contributed by atoms with Crippen LogP contribution in [0.3, 0.4) is 0 Å². The molecule has 1 aromatic heterocycles. The number of methoxy groups -OCH3 is 1. The number of imide groups is 2. The summed E-state index contributed by atoms with van der Waals surface area (Å²) < 4.78 is 5.82. The zero-order valence-corrected chi connectivity index (χ0v) is 34.5. The van der Waals surface area contributed by atoms with E-state index in [2.05, 4.69) is 67.2 Å². The number of piperidine rings is 2. The molecule has 0 radical (unpaired) electrons. The number of fused-ring (bicyclic) bond motifs is 1. The van der Waals surface area contributed by atoms with Gasteiger partial charge in [0.05, 0.1) is 30.1 Å². The van der Waals surface area contributed by atoms with Crippen molar-refractivity contribution in [1.29, 1.82) is 0 Å². The number of hydrogen-bond acceptors (Lipinski definition) is 12. The van der Waals surface area contributed by atoms with E-state index in [-0.39, 0.29) is 26.7 Å². The third kappa shape index (κ3) is 8.24. The van der Waals surface area contributed by atoms with Gasteiger partial charge in [0, 0.05) is 75.7 Å². The monoisotopic (exact) mass is 823 g/mol. The van der Waals surface area contributed by atoms with Crippen molar-refractivity contribution < 1.29 is 23.9 Å². The number of para-hydroxylation sites is 1. The fraction of sp³-hybridized carbons (Fsp3) is 0.381. The molecule has 3 saturated heterocycles. The number of anilines is 5. The summed E-state index contributed by atoms with van der Waals surface area (Å²) in [6, 6.07) is 19.3. The summed E-state index contributed by atoms with van der Waals surface area (Å²) in [6.07, 6.45) is 3.95. The van der Waals surface area contributed by atoms with Gasteiger partial charge in [0.2, 0.25) is 17.8 Å². The molecule has 4 aliphatic rings. The first kappa shape index (κ1) is 39.7. The molecule has 1 atom stereocenters. The average Bonchev–Trinajstić information content (AvgIpc) is 3.47. The van der Waals surface area contributed by atoms with Crippen molar-refractivity contribution in [3.63, 3.8) is 0 Å². The Morgan fingerprint density at radius 1 is 0.862 bits per heavy atom. The first-order valence-electron chi connectivity index (χ1n) is 19.6. The lowest BCUT2D eigenvalue weighted by Crippen LogP contribution is -2.54. The number of carbonyl (C=O) groups is 4. The Labute approximate surface area is 344 Å². The first-order valence-corrected chi connectivity index (χ1v) is 22.2. The van der Waals surface area contributed by atoms with Gasteiger partial charge in [-0.3, -0.25) is 39.2 Å². The van der Waals surface area contributed by atoms with Crippen LogP contribution in [0.15, 0.2) is 66.9 Å². The van der Waals surface area contributed by atoms with Crippen molar-refractivity contribution in [1.82, 2.24) is 30.0 Å². The zero-order chi connectivity index (χ0) is 40.5. The van der Waals surface area contributed by atoms with Gasteiger partial charge in [-0.05, 0) is 73.8 Å². The predicted molar refractivity (Wildman–Crippen MR) is 227 cm³/mol. The van der Waals surface area contributed by atoms with Crippen LogP contribution in [-0.2, 0) is 16.1 Å². The van der Waals surface area contributed by atoms with Crippen molar-refractivity contribution in [2.75, 3.05) is 75.2 Å². The van der Waals surface area contributed by atoms with E-state index in [0.29, 0.717) is 46.3 Å². The summed E-state index contributed by atoms with van der Waals surface area (Å²) in [7, 11) is 1.34. The van der Waals surface area contributed by atoms with Gasteiger partial charge < -0.3 is 20.3 Å². The number of hydrogen-bond donors (Lipinski definition) is 3. The summed E-state index contributed by atoms with van der Waals surface area (Å²) in [5, 5.41) is 10.6. The highest BCUT2D eigenvalue weighted by Gasteiger charge is 2.44. The predicted octanol–water partition coefficient (Wildman–Crippen LogP) is 5.18. The maximum Gasteiger partial charge on any atom is 0.262 e. The number of halogens is 1. The van der Waals surface area contributed by atoms with Crippen LogP contribution in [-0.4, -0.2) is 120 Å². The number of aromatic nitrogens is 2. The standard InChI is InChI=1S/C42H47ClN9O5P/c1-57-35-23-28(9-11-32(35)46-42-44-24-31(43)38(48-42)45-33-6-4-5-7-36(33)58(2)3)50-16-14-27(15-17-50)51-20-18-49(19-21-51)25-26-8-10-29-30(22-26)41(56)52(40(29)55)34-12-13-37(53)47-39(34)54/h4-11,22-24,27,34H,12-21,25H2,1-3H3,(H,47,53,54)(H2,44,45,46,48). The van der Waals surface area contributed by atoms with E-state index in [0.717, 1.165) is 79.6 Å². The molecular weight excluding hydrogens is 777 g/mol. The van der Waals surface area contributed by atoms with E-state index in [9.17, 15) is 19.2 Å². The lowest BCUT2D eigenvalue weighted by atomic mass is 10.0. The van der Waals surface area contributed by atoms with Gasteiger partial charge in [-0.25, -0.2) is 4.98 Å². The molecule has 16 heteroatoms. The topological polar surface area (TPSA) is 152 Å². The molecule has 302 valence electrons. The SMILES string of the molecule is COc1cc(N2CCC(N3CCN(Cc4ccc5c(c4)C(=O)N(C4CCC(=O)NC4=O)C5=O)CC3)CC2)ccc1Nc1ncc(Cl)c(Nc2ccccc2P(C)C)n1. The molecule has 3 N–H and O–H groups in total. The smallest absolute Gasteiger partial charge is 0.262 e. The van der Waals surface area contributed by atoms with E-state index in [1.54, 1.807) is 25.4 Å². The molecule has 3 aromatic carbocycles. The second kappa shape index (κ2) is 17.0. The van der Waals surface area contributed by atoms with E-state index in [4.69, 9.17) is 21.3 Å². The summed E-state index contributed by atoms with van der Waals surface area (Å²) in [5.74, 6) is -0.313. The van der Waals surface area contributed by atoms with Crippen molar-refractivity contribution in [3.05, 3.63) is 88.6 Å². The average molecular weight is 824 g/mol. The number of amides is 4. The van der Waals surface area contributed by atoms with Gasteiger partial charge in [-0.1, -0.05) is 43.8 Å². The van der Waals surface area contributed by atoms with Crippen LogP contribution < -0.4 is 30.9 Å². The van der Waals surface area contributed by atoms with Gasteiger partial charge in [-0.2, -0.15) is 4.98 Å². The van der Waals surface area contributed by atoms with Crippen molar-refractivity contribution in [3.8, 4) is 5.75 Å². The minimum Gasteiger partial charge on any atom is -0.494 e. The number of benzene rings is 3. The molecule has 4 aromatic rings. The Morgan fingerprint density at radius 3 is 2.36 bits per heavy atom. The molecule has 0 saturated carbocycles. The third-order valence-corrected chi connectivity index (χ3v) is 13.1. The van der Waals surface area contributed by atoms with Crippen LogP contribution in [0, 0.1) is 0 Å². The van der Waals surface area contributed by atoms with Crippen molar-refractivity contribution >= 4 is 77.3 Å². The number of nitrogens with zero attached hydrogens (tertiary/aromatic N) is 6. The molecule has 5 heterocycles. The second-order valence-corrected chi connectivity index (χ2v) is 18.0. The van der Waals surface area contributed by atoms with Crippen LogP contribution in [0.1, 0.15) is 52.0 Å². The van der Waals surface area contributed by atoms with Crippen LogP contribution in [0.2, 0.25) is 5.02 Å². The highest BCUT2D eigenvalue weighted by atomic mass is 35.5. The highest BCUT2D eigenvalue weighted by Crippen LogP contribution is 2.35. The molecular formula is C42H47ClN9O5P. The lowest BCUT2D eigenvalue weighted by Gasteiger charge is -2.43. The quantitative estimate of drug-likeness (QED) is 0.135. The zero-order valence-electron chi connectivity index (χ0n) is 32.8. The van der Waals surface area contributed by atoms with Crippen LogP contribution in [0.4, 0.5) is 28.8 Å². The highest BCUT2D eigenvalue weighted by molar-refractivity contribution is 7.64. The van der Waals surface area contributed by atoms with Gasteiger partial charge >= 0.3 is 0 Å². The molecule has 1 unspecified atom stereocenters. The molecule has 8 rings (SSSR count). The van der Waals surface area contributed by atoms with Gasteiger partial charge in [-0.15, -0.1) is 0 Å². The van der Waals surface area contributed by atoms with Gasteiger partial charge in [0.1, 0.15) is 16.8 Å². The fourth-order valence-corrected chi connectivity index (χ4v) is 9.50. The second-order valence-electron chi connectivity index (χ2n) is 15.3. The number of ether oxygens (including phenoxy) is 1. The molecule has 14 nitrogen and oxygen atoms in total. The molecule has 4 aliphatic heterocycles. The van der Waals surface area contributed by atoms with E-state index < -0.39 is 23.8 Å². The summed E-state index contributed by atoms with van der Waals surface area (Å²) in [4.78, 5) is 68.0. The Kier molecular flexibility index (Phi) is 11.6. The van der Waals surface area contributed by atoms with Crippen LogP contribution in [0.5, 0.6) is 5.75 Å². The Morgan fingerprint density at radius 2 is 1.62 bits per heavy atom. The van der Waals surface area contributed by atoms with Crippen molar-refractivity contribution in [2.24, 2.45) is 0 Å². The molecule has 0 spiro atoms. The van der Waals surface area contributed by atoms with Gasteiger partial charge in [0.15, 0.2) is 5.82 Å². The molecule has 4 amide bonds. The van der Waals surface area contributed by atoms with Crippen LogP contribution in [0.25, 0.3) is 0 Å². The normalized spacial score (nSPS) is 19.4. The van der Waals surface area contributed by atoms with E-state index >= 15 is 0 Å². The minimum atomic E-state index is -0.965. The summed E-state index contributed by atoms with van der Waals surface area (Å²) in [5.41, 5.74) is 4.42. The minimum absolute atomic E-state index is 0.0969. The Bertz CT molecular complexity index is 2240. The number of piperazine rings is 1. The molecule has 58 heavy (non-hydrogen) atoms. The third-order valence-electron chi connectivity index (χ3n) is 11.5. The van der Waals surface area contributed by atoms with E-state index in [1.807, 2.05) is 30.3 Å². The first-order chi connectivity index (χ1) is 28.1. The number of nitrogens with one attached hydrogen (secondary N) is 3. The Balaban J connectivity index is 0.830. The van der Waals surface area contributed by atoms with Crippen LogP contribution >= 0.6 is 19.5 Å². The Hall–Kier alpha value is -5.14. The fourth-order valence-electron chi connectivity index (χ4n) is 8.36. The lowest BCUT2D eigenvalue weighted by molar-refractivity contribution is -0.136. The molecule has 0 aliphatic carbocycles. The van der Waals surface area contributed by atoms with Crippen molar-refractivity contribution in [2.45, 2.75) is 44.3 Å². The molecule has 0 bridgehead atoms. The summed E-state index contributed by atoms with van der Waals surface area (Å²) in [6.45, 7) is 10.7. The maximum atomic E-state index is 13.3.